The molecule has 2 atom stereocenters. The third-order valence-corrected chi connectivity index (χ3v) is 6.02. The van der Waals surface area contributed by atoms with Crippen molar-refractivity contribution in [3.05, 3.63) is 23.6 Å². The lowest BCUT2D eigenvalue weighted by Crippen LogP contribution is -2.44. The molecule has 0 fully saturated rings. The first-order valence-electron chi connectivity index (χ1n) is 8.14. The van der Waals surface area contributed by atoms with Gasteiger partial charge in [0.15, 0.2) is 9.92 Å². The van der Waals surface area contributed by atoms with E-state index in [0.29, 0.717) is 6.42 Å². The Kier molecular flexibility index (Phi) is 7.55. The van der Waals surface area contributed by atoms with E-state index in [1.54, 1.807) is 39.0 Å². The number of alkyl carbamates (subject to hydrolysis) is 1. The Balaban J connectivity index is 3.05. The zero-order chi connectivity index (χ0) is 20.1. The minimum Gasteiger partial charge on any atom is -0.444 e. The predicted octanol–water partition coefficient (Wildman–Crippen LogP) is 3.56. The van der Waals surface area contributed by atoms with Gasteiger partial charge in [-0.05, 0) is 45.2 Å². The molecule has 7 nitrogen and oxygen atoms in total. The smallest absolute Gasteiger partial charge is 0.408 e. The van der Waals surface area contributed by atoms with Crippen LogP contribution in [0.5, 0.6) is 0 Å². The second kappa shape index (κ2) is 8.79. The van der Waals surface area contributed by atoms with Gasteiger partial charge in [-0.15, -0.1) is 15.7 Å². The highest BCUT2D eigenvalue weighted by molar-refractivity contribution is 7.93. The van der Waals surface area contributed by atoms with Crippen LogP contribution in [0, 0.1) is 5.92 Å². The summed E-state index contributed by atoms with van der Waals surface area (Å²) >= 11 is 1.15. The van der Waals surface area contributed by atoms with Crippen LogP contribution in [0.25, 0.3) is 6.08 Å². The third-order valence-electron chi connectivity index (χ3n) is 3.01. The number of nitrogens with one attached hydrogen (secondary N) is 1. The van der Waals surface area contributed by atoms with Crippen LogP contribution in [0.4, 0.5) is 4.79 Å². The highest BCUT2D eigenvalue weighted by Crippen LogP contribution is 2.23. The van der Waals surface area contributed by atoms with Gasteiger partial charge in [-0.25, -0.2) is 14.1 Å². The van der Waals surface area contributed by atoms with E-state index in [2.05, 4.69) is 16.3 Å². The number of hydrogen-bond donors (Lipinski definition) is 2. The summed E-state index contributed by atoms with van der Waals surface area (Å²) in [5.41, 5.74) is -0.702. The van der Waals surface area contributed by atoms with Gasteiger partial charge in [0, 0.05) is 4.88 Å². The molecule has 3 N–H and O–H groups in total. The first-order valence-corrected chi connectivity index (χ1v) is 10.5. The molecule has 0 aliphatic heterocycles. The fraction of sp³-hybridized carbons (Fsp3) is 0.529. The van der Waals surface area contributed by atoms with Crippen LogP contribution >= 0.6 is 11.3 Å². The largest absolute Gasteiger partial charge is 0.444 e. The Morgan fingerprint density at radius 3 is 2.50 bits per heavy atom. The van der Waals surface area contributed by atoms with E-state index in [-0.39, 0.29) is 10.1 Å². The Morgan fingerprint density at radius 2 is 2.04 bits per heavy atom. The van der Waals surface area contributed by atoms with Gasteiger partial charge in [-0.3, -0.25) is 4.79 Å². The fourth-order valence-corrected chi connectivity index (χ4v) is 4.20. The summed E-state index contributed by atoms with van der Waals surface area (Å²) in [7, 11) is -3.40. The van der Waals surface area contributed by atoms with Crippen LogP contribution in [-0.2, 0) is 19.4 Å². The van der Waals surface area contributed by atoms with Crippen LogP contribution in [0.3, 0.4) is 0 Å². The lowest BCUT2D eigenvalue weighted by atomic mass is 10.0. The average Bonchev–Trinajstić information content (AvgIpc) is 2.93. The van der Waals surface area contributed by atoms with E-state index < -0.39 is 33.6 Å². The van der Waals surface area contributed by atoms with E-state index in [9.17, 15) is 13.8 Å². The molecule has 2 amide bonds. The number of nitrogens with zero attached hydrogens (tertiary/aromatic N) is 1. The Bertz CT molecular complexity index is 784. The molecule has 0 radical (unpaired) electrons. The van der Waals surface area contributed by atoms with E-state index in [1.807, 2.05) is 13.8 Å². The van der Waals surface area contributed by atoms with Gasteiger partial charge in [0.25, 0.3) is 5.91 Å². The predicted molar refractivity (Wildman–Crippen MR) is 105 cm³/mol. The van der Waals surface area contributed by atoms with Crippen molar-refractivity contribution in [2.24, 2.45) is 15.4 Å². The van der Waals surface area contributed by atoms with Gasteiger partial charge in [0.05, 0.1) is 0 Å². The molecule has 0 saturated carbocycles. The number of rotatable bonds is 6. The van der Waals surface area contributed by atoms with E-state index >= 15 is 0 Å². The summed E-state index contributed by atoms with van der Waals surface area (Å²) in [6.07, 6.45) is 1.18. The number of hydrogen-bond acceptors (Lipinski definition) is 5. The highest BCUT2D eigenvalue weighted by Gasteiger charge is 2.26. The molecule has 26 heavy (non-hydrogen) atoms. The van der Waals surface area contributed by atoms with Gasteiger partial charge >= 0.3 is 6.09 Å². The molecular weight excluding hydrogens is 374 g/mol. The van der Waals surface area contributed by atoms with Crippen LogP contribution in [-0.4, -0.2) is 27.9 Å². The Labute approximate surface area is 159 Å². The number of thiophene rings is 1. The zero-order valence-electron chi connectivity index (χ0n) is 15.8. The second-order valence-corrected chi connectivity index (χ2v) is 10.3. The molecule has 1 heterocycles. The van der Waals surface area contributed by atoms with Crippen LogP contribution in [0.1, 0.15) is 45.9 Å². The van der Waals surface area contributed by atoms with Crippen molar-refractivity contribution in [2.75, 3.05) is 0 Å². The maximum atomic E-state index is 12.7. The Hall–Kier alpha value is -1.71. The minimum absolute atomic E-state index is 0.0945. The molecule has 0 aliphatic rings. The Morgan fingerprint density at radius 1 is 1.42 bits per heavy atom. The van der Waals surface area contributed by atoms with Crippen molar-refractivity contribution in [1.82, 2.24) is 5.32 Å². The van der Waals surface area contributed by atoms with Gasteiger partial charge < -0.3 is 10.1 Å². The van der Waals surface area contributed by atoms with E-state index in [4.69, 9.17) is 9.88 Å². The number of carbonyl (C=O) groups excluding carboxylic acids is 2. The molecule has 1 unspecified atom stereocenters. The molecular formula is C17H27N3O4S2. The molecule has 0 aromatic carbocycles. The van der Waals surface area contributed by atoms with Gasteiger partial charge in [0.1, 0.15) is 15.9 Å². The lowest BCUT2D eigenvalue weighted by molar-refractivity contribution is -0.120. The monoisotopic (exact) mass is 401 g/mol. The minimum atomic E-state index is -3.40. The lowest BCUT2D eigenvalue weighted by Gasteiger charge is -2.23. The van der Waals surface area contributed by atoms with Crippen LogP contribution in [0.2, 0.25) is 0 Å². The zero-order valence-corrected chi connectivity index (χ0v) is 17.4. The van der Waals surface area contributed by atoms with Gasteiger partial charge in [-0.2, -0.15) is 0 Å². The summed E-state index contributed by atoms with van der Waals surface area (Å²) in [5, 5.41) is 8.28. The molecule has 0 spiro atoms. The number of carbonyl (C=O) groups is 2. The van der Waals surface area contributed by atoms with Crippen molar-refractivity contribution in [3.8, 4) is 0 Å². The van der Waals surface area contributed by atoms with Crippen molar-refractivity contribution in [3.63, 3.8) is 0 Å². The number of amides is 2. The van der Waals surface area contributed by atoms with Crippen molar-refractivity contribution in [1.29, 1.82) is 0 Å². The van der Waals surface area contributed by atoms with Crippen molar-refractivity contribution >= 4 is 39.3 Å². The first-order chi connectivity index (χ1) is 11.8. The van der Waals surface area contributed by atoms with Crippen LogP contribution < -0.4 is 10.5 Å². The topological polar surface area (TPSA) is 111 Å². The SMILES string of the molecule is C=Cc1ccc(S(N)(=O)=NC(=O)[C@H](CC(C)C)NC(=O)OC(C)(C)C)s1. The molecule has 9 heteroatoms. The number of ether oxygens (including phenoxy) is 1. The average molecular weight is 402 g/mol. The van der Waals surface area contributed by atoms with Gasteiger partial charge in [-0.1, -0.05) is 26.5 Å². The maximum absolute atomic E-state index is 12.7. The highest BCUT2D eigenvalue weighted by atomic mass is 32.2. The summed E-state index contributed by atoms with van der Waals surface area (Å²) in [4.78, 5) is 25.3. The number of nitrogens with two attached hydrogens (primary N) is 1. The summed E-state index contributed by atoms with van der Waals surface area (Å²) in [5.74, 6) is -0.650. The first kappa shape index (κ1) is 22.3. The molecule has 0 bridgehead atoms. The molecule has 1 aromatic heterocycles. The molecule has 1 rings (SSSR count). The fourth-order valence-electron chi connectivity index (χ4n) is 1.99. The quantitative estimate of drug-likeness (QED) is 0.759. The van der Waals surface area contributed by atoms with Crippen LogP contribution in [0.15, 0.2) is 27.3 Å². The summed E-state index contributed by atoms with van der Waals surface area (Å²) in [6, 6.07) is 2.29. The summed E-state index contributed by atoms with van der Waals surface area (Å²) < 4.78 is 21.8. The van der Waals surface area contributed by atoms with E-state index in [1.165, 1.54) is 0 Å². The van der Waals surface area contributed by atoms with E-state index in [0.717, 1.165) is 16.2 Å². The van der Waals surface area contributed by atoms with Crippen molar-refractivity contribution < 1.29 is 18.5 Å². The maximum Gasteiger partial charge on any atom is 0.408 e. The molecule has 0 saturated heterocycles. The molecule has 146 valence electrons. The molecule has 1 aromatic rings. The van der Waals surface area contributed by atoms with Gasteiger partial charge in [0.2, 0.25) is 0 Å². The second-order valence-electron chi connectivity index (χ2n) is 7.19. The third kappa shape index (κ3) is 7.27. The van der Waals surface area contributed by atoms with Crippen molar-refractivity contribution in [2.45, 2.75) is 56.9 Å². The summed E-state index contributed by atoms with van der Waals surface area (Å²) in [6.45, 7) is 12.6. The standard InChI is InChI=1S/C17H27N3O4S2/c1-7-12-8-9-14(25-12)26(18,23)20-15(21)13(10-11(2)3)19-16(22)24-17(4,5)6/h7-9,11,13H,1,10H2,2-6H3,(H,19,22)(H2,18,20,21,23)/t13-,26?/m0/s1. The normalized spacial score (nSPS) is 15.0. The molecule has 0 aliphatic carbocycles.